The Morgan fingerprint density at radius 2 is 1.92 bits per heavy atom. The van der Waals surface area contributed by atoms with E-state index >= 15 is 0 Å². The number of anilines is 1. The zero-order chi connectivity index (χ0) is 18.5. The molecule has 0 spiro atoms. The van der Waals surface area contributed by atoms with Crippen LogP contribution >= 0.6 is 23.2 Å². The Labute approximate surface area is 158 Å². The maximum atomic E-state index is 12.0. The summed E-state index contributed by atoms with van der Waals surface area (Å²) in [6.45, 7) is -0.124. The van der Waals surface area contributed by atoms with Gasteiger partial charge in [0.25, 0.3) is 5.91 Å². The number of hydrogen-bond acceptors (Lipinski definition) is 5. The Morgan fingerprint density at radius 1 is 1.15 bits per heavy atom. The summed E-state index contributed by atoms with van der Waals surface area (Å²) in [7, 11) is 0. The number of carbonyl (C=O) groups is 2. The first-order valence-corrected chi connectivity index (χ1v) is 8.25. The number of hydrogen-bond donors (Lipinski definition) is 1. The van der Waals surface area contributed by atoms with Crippen LogP contribution in [0.1, 0.15) is 16.3 Å². The van der Waals surface area contributed by atoms with Crippen LogP contribution < -0.4 is 5.32 Å². The third kappa shape index (κ3) is 4.44. The van der Waals surface area contributed by atoms with Gasteiger partial charge in [-0.2, -0.15) is 5.10 Å². The second-order valence-corrected chi connectivity index (χ2v) is 6.00. The summed E-state index contributed by atoms with van der Waals surface area (Å²) >= 11 is 11.9. The van der Waals surface area contributed by atoms with Gasteiger partial charge in [0.15, 0.2) is 6.61 Å². The normalized spacial score (nSPS) is 10.5. The van der Waals surface area contributed by atoms with E-state index in [2.05, 4.69) is 10.4 Å². The number of amides is 1. The highest BCUT2D eigenvalue weighted by molar-refractivity contribution is 6.39. The predicted molar refractivity (Wildman–Crippen MR) is 95.4 cm³/mol. The Hall–Kier alpha value is -2.77. The summed E-state index contributed by atoms with van der Waals surface area (Å²) in [5.74, 6) is -0.794. The van der Waals surface area contributed by atoms with Crippen molar-refractivity contribution in [3.8, 4) is 0 Å². The fraction of sp³-hybridized carbons (Fsp3) is 0.118. The molecule has 0 aliphatic carbocycles. The Kier molecular flexibility index (Phi) is 5.60. The maximum absolute atomic E-state index is 12.0. The largest absolute Gasteiger partial charge is 0.452 e. The van der Waals surface area contributed by atoms with Gasteiger partial charge in [-0.1, -0.05) is 29.3 Å². The summed E-state index contributed by atoms with van der Waals surface area (Å²) in [6.07, 6.45) is 3.41. The second kappa shape index (κ2) is 8.07. The molecular formula is C17H13Cl2N3O4. The molecule has 0 aliphatic rings. The molecule has 3 rings (SSSR count). The quantitative estimate of drug-likeness (QED) is 0.646. The lowest BCUT2D eigenvalue weighted by molar-refractivity contribution is -0.119. The van der Waals surface area contributed by atoms with Gasteiger partial charge in [-0.05, 0) is 30.3 Å². The van der Waals surface area contributed by atoms with Gasteiger partial charge in [-0.3, -0.25) is 9.48 Å². The summed E-state index contributed by atoms with van der Waals surface area (Å²) in [4.78, 5) is 23.9. The Bertz CT molecular complexity index is 902. The van der Waals surface area contributed by atoms with Crippen LogP contribution in [0.25, 0.3) is 0 Å². The van der Waals surface area contributed by atoms with Gasteiger partial charge in [0, 0.05) is 12.4 Å². The molecule has 7 nitrogen and oxygen atoms in total. The molecule has 1 N–H and O–H groups in total. The van der Waals surface area contributed by atoms with Crippen LogP contribution in [-0.4, -0.2) is 28.3 Å². The molecule has 0 saturated heterocycles. The molecule has 134 valence electrons. The highest BCUT2D eigenvalue weighted by Gasteiger charge is 2.16. The zero-order valence-electron chi connectivity index (χ0n) is 13.3. The Morgan fingerprint density at radius 3 is 2.62 bits per heavy atom. The minimum Gasteiger partial charge on any atom is -0.452 e. The van der Waals surface area contributed by atoms with E-state index in [1.807, 2.05) is 0 Å². The number of ether oxygens (including phenoxy) is 1. The minimum atomic E-state index is -0.753. The van der Waals surface area contributed by atoms with Crippen molar-refractivity contribution in [1.29, 1.82) is 0 Å². The van der Waals surface area contributed by atoms with Gasteiger partial charge in [0.1, 0.15) is 5.76 Å². The smallest absolute Gasteiger partial charge is 0.374 e. The number of nitrogens with one attached hydrogen (secondary N) is 1. The number of nitrogens with zero attached hydrogens (tertiary/aromatic N) is 2. The van der Waals surface area contributed by atoms with E-state index < -0.39 is 18.5 Å². The molecule has 9 heteroatoms. The number of carbonyl (C=O) groups excluding carboxylic acids is 2. The molecule has 1 amide bonds. The topological polar surface area (TPSA) is 86.4 Å². The van der Waals surface area contributed by atoms with Crippen molar-refractivity contribution in [2.75, 3.05) is 11.9 Å². The third-order valence-electron chi connectivity index (χ3n) is 3.30. The average Bonchev–Trinajstić information content (AvgIpc) is 3.29. The molecule has 2 aromatic heterocycles. The van der Waals surface area contributed by atoms with Crippen LogP contribution in [0.4, 0.5) is 5.69 Å². The van der Waals surface area contributed by atoms with Gasteiger partial charge >= 0.3 is 5.97 Å². The van der Waals surface area contributed by atoms with E-state index in [4.69, 9.17) is 32.4 Å². The van der Waals surface area contributed by atoms with Gasteiger partial charge < -0.3 is 14.5 Å². The highest BCUT2D eigenvalue weighted by Crippen LogP contribution is 2.29. The van der Waals surface area contributed by atoms with Crippen molar-refractivity contribution >= 4 is 40.8 Å². The monoisotopic (exact) mass is 393 g/mol. The van der Waals surface area contributed by atoms with E-state index in [1.54, 1.807) is 47.4 Å². The van der Waals surface area contributed by atoms with E-state index in [1.165, 1.54) is 6.07 Å². The van der Waals surface area contributed by atoms with Crippen molar-refractivity contribution in [3.63, 3.8) is 0 Å². The zero-order valence-corrected chi connectivity index (χ0v) is 14.8. The fourth-order valence-electron chi connectivity index (χ4n) is 2.12. The standard InChI is InChI=1S/C17H13Cl2N3O4/c18-12-3-1-4-13(19)16(12)21-15(23)10-25-17(24)14-6-5-11(26-14)9-22-8-2-7-20-22/h1-8H,9-10H2,(H,21,23). The van der Waals surface area contributed by atoms with Crippen LogP contribution in [0.2, 0.25) is 10.0 Å². The van der Waals surface area contributed by atoms with Crippen molar-refractivity contribution in [3.05, 3.63) is 70.4 Å². The number of rotatable bonds is 6. The predicted octanol–water partition coefficient (Wildman–Crippen LogP) is 3.63. The first kappa shape index (κ1) is 18.0. The van der Waals surface area contributed by atoms with E-state index in [-0.39, 0.29) is 21.5 Å². The molecule has 0 unspecified atom stereocenters. The van der Waals surface area contributed by atoms with Crippen LogP contribution in [0, 0.1) is 0 Å². The summed E-state index contributed by atoms with van der Waals surface area (Å²) in [5, 5.41) is 7.11. The lowest BCUT2D eigenvalue weighted by atomic mass is 10.3. The van der Waals surface area contributed by atoms with Gasteiger partial charge in [-0.25, -0.2) is 4.79 Å². The van der Waals surface area contributed by atoms with Crippen LogP contribution in [-0.2, 0) is 16.1 Å². The van der Waals surface area contributed by atoms with Crippen LogP contribution in [0.5, 0.6) is 0 Å². The molecule has 2 heterocycles. The number of aromatic nitrogens is 2. The SMILES string of the molecule is O=C(COC(=O)c1ccc(Cn2cccn2)o1)Nc1c(Cl)cccc1Cl. The molecule has 0 bridgehead atoms. The van der Waals surface area contributed by atoms with Gasteiger partial charge in [0.2, 0.25) is 5.76 Å². The number of furan rings is 1. The molecule has 0 fully saturated rings. The fourth-order valence-corrected chi connectivity index (χ4v) is 2.61. The van der Waals surface area contributed by atoms with E-state index in [9.17, 15) is 9.59 Å². The molecule has 0 aliphatic heterocycles. The van der Waals surface area contributed by atoms with Crippen LogP contribution in [0.15, 0.2) is 53.2 Å². The summed E-state index contributed by atoms with van der Waals surface area (Å²) in [5.41, 5.74) is 0.261. The second-order valence-electron chi connectivity index (χ2n) is 5.19. The molecule has 3 aromatic rings. The highest BCUT2D eigenvalue weighted by atomic mass is 35.5. The molecule has 1 aromatic carbocycles. The lowest BCUT2D eigenvalue weighted by Gasteiger charge is -2.09. The average molecular weight is 394 g/mol. The molecule has 0 atom stereocenters. The minimum absolute atomic E-state index is 0.00395. The summed E-state index contributed by atoms with van der Waals surface area (Å²) < 4.78 is 12.0. The molecular weight excluding hydrogens is 381 g/mol. The van der Waals surface area contributed by atoms with Crippen molar-refractivity contribution < 1.29 is 18.7 Å². The first-order chi connectivity index (χ1) is 12.5. The van der Waals surface area contributed by atoms with Crippen molar-refractivity contribution in [1.82, 2.24) is 9.78 Å². The number of halogens is 2. The molecule has 0 saturated carbocycles. The molecule has 0 radical (unpaired) electrons. The van der Waals surface area contributed by atoms with Gasteiger partial charge in [-0.15, -0.1) is 0 Å². The van der Waals surface area contributed by atoms with Gasteiger partial charge in [0.05, 0.1) is 22.3 Å². The number of esters is 1. The summed E-state index contributed by atoms with van der Waals surface area (Å²) in [6, 6.07) is 9.71. The van der Waals surface area contributed by atoms with E-state index in [0.717, 1.165) is 0 Å². The molecule has 26 heavy (non-hydrogen) atoms. The third-order valence-corrected chi connectivity index (χ3v) is 3.93. The Balaban J connectivity index is 1.54. The maximum Gasteiger partial charge on any atom is 0.374 e. The number of benzene rings is 1. The van der Waals surface area contributed by atoms with Crippen LogP contribution in [0.3, 0.4) is 0 Å². The lowest BCUT2D eigenvalue weighted by Crippen LogP contribution is -2.21. The first-order valence-electron chi connectivity index (χ1n) is 7.50. The number of para-hydroxylation sites is 1. The van der Waals surface area contributed by atoms with E-state index in [0.29, 0.717) is 12.3 Å². The van der Waals surface area contributed by atoms with Crippen molar-refractivity contribution in [2.45, 2.75) is 6.54 Å². The van der Waals surface area contributed by atoms with Crippen molar-refractivity contribution in [2.24, 2.45) is 0 Å².